The number of carbonyl (C=O) groups is 2. The first-order valence-corrected chi connectivity index (χ1v) is 7.63. The van der Waals surface area contributed by atoms with E-state index in [0.29, 0.717) is 24.2 Å². The van der Waals surface area contributed by atoms with Crippen molar-refractivity contribution in [3.63, 3.8) is 0 Å². The summed E-state index contributed by atoms with van der Waals surface area (Å²) in [5, 5.41) is 2.65. The lowest BCUT2D eigenvalue weighted by Gasteiger charge is -2.31. The summed E-state index contributed by atoms with van der Waals surface area (Å²) in [6.45, 7) is 1.12. The molecule has 0 unspecified atom stereocenters. The first-order valence-electron chi connectivity index (χ1n) is 7.22. The second-order valence-electron chi connectivity index (χ2n) is 5.43. The van der Waals surface area contributed by atoms with Gasteiger partial charge in [0.2, 0.25) is 5.91 Å². The van der Waals surface area contributed by atoms with E-state index in [4.69, 9.17) is 16.6 Å². The number of likely N-dealkylation sites (tertiary alicyclic amines) is 1. The molecule has 1 aromatic heterocycles. The number of benzene rings is 1. The third kappa shape index (κ3) is 2.76. The average molecular weight is 319 g/mol. The van der Waals surface area contributed by atoms with Crippen molar-refractivity contribution in [1.29, 1.82) is 0 Å². The number of rotatable bonds is 2. The molecular formula is C15H17N3O3S. The first kappa shape index (κ1) is 14.8. The van der Waals surface area contributed by atoms with Crippen LogP contribution in [0.15, 0.2) is 22.6 Å². The summed E-state index contributed by atoms with van der Waals surface area (Å²) in [6, 6.07) is 5.21. The van der Waals surface area contributed by atoms with E-state index in [1.165, 1.54) is 0 Å². The molecule has 0 radical (unpaired) electrons. The van der Waals surface area contributed by atoms with E-state index in [9.17, 15) is 9.59 Å². The van der Waals surface area contributed by atoms with E-state index in [1.54, 1.807) is 30.1 Å². The van der Waals surface area contributed by atoms with Crippen LogP contribution in [0.25, 0.3) is 11.1 Å². The molecule has 3 rings (SSSR count). The van der Waals surface area contributed by atoms with Crippen molar-refractivity contribution in [1.82, 2.24) is 15.2 Å². The Morgan fingerprint density at radius 3 is 3.05 bits per heavy atom. The molecule has 0 bridgehead atoms. The average Bonchev–Trinajstić information content (AvgIpc) is 2.92. The van der Waals surface area contributed by atoms with Crippen molar-refractivity contribution in [2.75, 3.05) is 20.1 Å². The van der Waals surface area contributed by atoms with Gasteiger partial charge in [-0.25, -0.2) is 0 Å². The molecule has 2 heterocycles. The SMILES string of the molecule is CNC(=O)[C@@H]1CCCN(C(=O)c2ccc3[nH]c(=S)oc3c2)C1. The van der Waals surface area contributed by atoms with Crippen molar-refractivity contribution in [3.05, 3.63) is 28.6 Å². The molecule has 1 atom stereocenters. The lowest BCUT2D eigenvalue weighted by atomic mass is 9.96. The van der Waals surface area contributed by atoms with Crippen molar-refractivity contribution in [3.8, 4) is 0 Å². The standard InChI is InChI=1S/C15H17N3O3S/c1-16-13(19)10-3-2-6-18(8-10)14(20)9-4-5-11-12(7-9)21-15(22)17-11/h4-5,7,10H,2-3,6,8H2,1H3,(H,16,19)(H,17,22)/t10-/m1/s1. The minimum Gasteiger partial charge on any atom is -0.429 e. The molecule has 0 aliphatic carbocycles. The molecule has 2 N–H and O–H groups in total. The van der Waals surface area contributed by atoms with Crippen LogP contribution in [0.4, 0.5) is 0 Å². The van der Waals surface area contributed by atoms with Gasteiger partial charge in [0.25, 0.3) is 10.7 Å². The highest BCUT2D eigenvalue weighted by atomic mass is 32.1. The number of aromatic nitrogens is 1. The van der Waals surface area contributed by atoms with Gasteiger partial charge in [-0.2, -0.15) is 0 Å². The number of hydrogen-bond acceptors (Lipinski definition) is 4. The molecule has 1 saturated heterocycles. The number of H-pyrrole nitrogens is 1. The normalized spacial score (nSPS) is 18.4. The zero-order chi connectivity index (χ0) is 15.7. The predicted molar refractivity (Wildman–Crippen MR) is 84.1 cm³/mol. The molecule has 1 fully saturated rings. The molecule has 6 nitrogen and oxygen atoms in total. The fourth-order valence-corrected chi connectivity index (χ4v) is 3.04. The number of nitrogens with one attached hydrogen (secondary N) is 2. The van der Waals surface area contributed by atoms with Gasteiger partial charge in [0.15, 0.2) is 5.58 Å². The molecule has 1 aromatic carbocycles. The maximum Gasteiger partial charge on any atom is 0.266 e. The fraction of sp³-hybridized carbons (Fsp3) is 0.400. The van der Waals surface area contributed by atoms with Crippen LogP contribution in [-0.2, 0) is 4.79 Å². The Balaban J connectivity index is 1.82. The maximum absolute atomic E-state index is 12.6. The molecule has 7 heteroatoms. The number of fused-ring (bicyclic) bond motifs is 1. The quantitative estimate of drug-likeness (QED) is 0.831. The maximum atomic E-state index is 12.6. The Hall–Kier alpha value is -2.15. The molecule has 0 saturated carbocycles. The summed E-state index contributed by atoms with van der Waals surface area (Å²) >= 11 is 4.94. The van der Waals surface area contributed by atoms with Crippen LogP contribution in [0.5, 0.6) is 0 Å². The third-order valence-electron chi connectivity index (χ3n) is 3.99. The van der Waals surface area contributed by atoms with Gasteiger partial charge in [-0.15, -0.1) is 0 Å². The van der Waals surface area contributed by atoms with Crippen LogP contribution in [0, 0.1) is 10.8 Å². The number of piperidine rings is 1. The van der Waals surface area contributed by atoms with Gasteiger partial charge in [0.1, 0.15) is 0 Å². The van der Waals surface area contributed by atoms with Crippen LogP contribution < -0.4 is 5.32 Å². The number of hydrogen-bond donors (Lipinski definition) is 2. The summed E-state index contributed by atoms with van der Waals surface area (Å²) in [5.41, 5.74) is 1.88. The zero-order valence-corrected chi connectivity index (χ0v) is 13.0. The van der Waals surface area contributed by atoms with Crippen molar-refractivity contribution < 1.29 is 14.0 Å². The third-order valence-corrected chi connectivity index (χ3v) is 4.18. The Morgan fingerprint density at radius 1 is 1.45 bits per heavy atom. The molecule has 0 spiro atoms. The van der Waals surface area contributed by atoms with Gasteiger partial charge < -0.3 is 19.6 Å². The summed E-state index contributed by atoms with van der Waals surface area (Å²) in [7, 11) is 1.62. The van der Waals surface area contributed by atoms with Gasteiger partial charge in [0.05, 0.1) is 11.4 Å². The Labute approximate surface area is 132 Å². The minimum absolute atomic E-state index is 0.00987. The number of aromatic amines is 1. The fourth-order valence-electron chi connectivity index (χ4n) is 2.84. The molecule has 1 aliphatic rings. The predicted octanol–water partition coefficient (Wildman–Crippen LogP) is 2.09. The molecule has 2 amide bonds. The summed E-state index contributed by atoms with van der Waals surface area (Å²) in [6.07, 6.45) is 1.64. The largest absolute Gasteiger partial charge is 0.429 e. The number of carbonyl (C=O) groups excluding carboxylic acids is 2. The topological polar surface area (TPSA) is 78.3 Å². The van der Waals surface area contributed by atoms with Crippen LogP contribution in [0.1, 0.15) is 23.2 Å². The smallest absolute Gasteiger partial charge is 0.266 e. The Kier molecular flexibility index (Phi) is 3.98. The highest BCUT2D eigenvalue weighted by Crippen LogP contribution is 2.21. The lowest BCUT2D eigenvalue weighted by Crippen LogP contribution is -2.44. The number of oxazole rings is 1. The first-order chi connectivity index (χ1) is 10.6. The summed E-state index contributed by atoms with van der Waals surface area (Å²) in [5.74, 6) is -0.232. The van der Waals surface area contributed by atoms with Gasteiger partial charge >= 0.3 is 0 Å². The van der Waals surface area contributed by atoms with Gasteiger partial charge in [-0.3, -0.25) is 9.59 Å². The monoisotopic (exact) mass is 319 g/mol. The molecule has 1 aliphatic heterocycles. The summed E-state index contributed by atoms with van der Waals surface area (Å²) < 4.78 is 5.35. The van der Waals surface area contributed by atoms with Gasteiger partial charge in [-0.05, 0) is 43.3 Å². The van der Waals surface area contributed by atoms with E-state index in [2.05, 4.69) is 10.3 Å². The van der Waals surface area contributed by atoms with Gasteiger partial charge in [0, 0.05) is 25.7 Å². The molecular weight excluding hydrogens is 302 g/mol. The molecule has 22 heavy (non-hydrogen) atoms. The van der Waals surface area contributed by atoms with Crippen molar-refractivity contribution in [2.45, 2.75) is 12.8 Å². The molecule has 2 aromatic rings. The lowest BCUT2D eigenvalue weighted by molar-refractivity contribution is -0.125. The van der Waals surface area contributed by atoms with Crippen LogP contribution in [0.2, 0.25) is 0 Å². The second kappa shape index (κ2) is 5.92. The second-order valence-corrected chi connectivity index (χ2v) is 5.80. The number of nitrogens with zero attached hydrogens (tertiary/aromatic N) is 1. The van der Waals surface area contributed by atoms with Crippen LogP contribution in [-0.4, -0.2) is 41.8 Å². The molecule has 116 valence electrons. The van der Waals surface area contributed by atoms with Crippen LogP contribution >= 0.6 is 12.2 Å². The highest BCUT2D eigenvalue weighted by Gasteiger charge is 2.28. The van der Waals surface area contributed by atoms with E-state index in [0.717, 1.165) is 18.4 Å². The minimum atomic E-state index is -0.136. The Bertz CT molecular complexity index is 780. The summed E-state index contributed by atoms with van der Waals surface area (Å²) in [4.78, 5) is 29.3. The van der Waals surface area contributed by atoms with Crippen LogP contribution in [0.3, 0.4) is 0 Å². The Morgan fingerprint density at radius 2 is 2.27 bits per heavy atom. The van der Waals surface area contributed by atoms with E-state index in [1.807, 2.05) is 0 Å². The van der Waals surface area contributed by atoms with Crippen molar-refractivity contribution >= 4 is 35.1 Å². The van der Waals surface area contributed by atoms with E-state index in [-0.39, 0.29) is 22.6 Å². The van der Waals surface area contributed by atoms with E-state index < -0.39 is 0 Å². The van der Waals surface area contributed by atoms with Crippen molar-refractivity contribution in [2.24, 2.45) is 5.92 Å². The highest BCUT2D eigenvalue weighted by molar-refractivity contribution is 7.71. The zero-order valence-electron chi connectivity index (χ0n) is 12.2. The van der Waals surface area contributed by atoms with Gasteiger partial charge in [-0.1, -0.05) is 0 Å². The van der Waals surface area contributed by atoms with E-state index >= 15 is 0 Å². The number of amides is 2.